The van der Waals surface area contributed by atoms with Gasteiger partial charge in [-0.15, -0.1) is 6.58 Å². The highest BCUT2D eigenvalue weighted by Gasteiger charge is 1.86. The van der Waals surface area contributed by atoms with E-state index in [1.807, 2.05) is 49.4 Å². The first kappa shape index (κ1) is 13.4. The summed E-state index contributed by atoms with van der Waals surface area (Å²) >= 11 is 0. The minimum Gasteiger partial charge on any atom is -0.300 e. The molecule has 0 heterocycles. The summed E-state index contributed by atoms with van der Waals surface area (Å²) in [5.41, 5.74) is 1.14. The Hall–Kier alpha value is -1.63. The van der Waals surface area contributed by atoms with Crippen molar-refractivity contribution < 1.29 is 4.79 Å². The standard InChI is InChI=1S/C11H12O.C3H6/c1-10(12)6-5-9-11-7-3-2-4-8-11;1-3-2/h2-5,7-9H,6H2,1H3;3H,1H2,2H3/b9-5+;. The molecule has 0 saturated heterocycles. The quantitative estimate of drug-likeness (QED) is 0.680. The number of carbonyl (C=O) groups is 1. The second-order valence-corrected chi connectivity index (χ2v) is 3.13. The van der Waals surface area contributed by atoms with Crippen molar-refractivity contribution in [1.29, 1.82) is 0 Å². The van der Waals surface area contributed by atoms with Crippen molar-refractivity contribution >= 4 is 11.9 Å². The van der Waals surface area contributed by atoms with E-state index in [2.05, 4.69) is 6.58 Å². The van der Waals surface area contributed by atoms with Gasteiger partial charge in [-0.3, -0.25) is 4.79 Å². The molecular formula is C14H18O. The van der Waals surface area contributed by atoms with Crippen molar-refractivity contribution in [3.05, 3.63) is 54.6 Å². The molecule has 0 N–H and O–H groups in total. The fraction of sp³-hybridized carbons (Fsp3) is 0.214. The summed E-state index contributed by atoms with van der Waals surface area (Å²) in [6.45, 7) is 6.84. The van der Waals surface area contributed by atoms with E-state index in [-0.39, 0.29) is 5.78 Å². The molecule has 1 nitrogen and oxygen atoms in total. The van der Waals surface area contributed by atoms with Crippen LogP contribution in [-0.2, 0) is 4.79 Å². The van der Waals surface area contributed by atoms with Gasteiger partial charge in [0.05, 0.1) is 0 Å². The molecule has 0 aliphatic carbocycles. The summed E-state index contributed by atoms with van der Waals surface area (Å²) in [5, 5.41) is 0. The molecular weight excluding hydrogens is 184 g/mol. The third-order valence-corrected chi connectivity index (χ3v) is 1.52. The third-order valence-electron chi connectivity index (χ3n) is 1.52. The van der Waals surface area contributed by atoms with Gasteiger partial charge in [0.1, 0.15) is 5.78 Å². The van der Waals surface area contributed by atoms with Crippen LogP contribution in [0.5, 0.6) is 0 Å². The van der Waals surface area contributed by atoms with Crippen molar-refractivity contribution in [2.45, 2.75) is 20.3 Å². The Morgan fingerprint density at radius 3 is 2.33 bits per heavy atom. The highest BCUT2D eigenvalue weighted by Crippen LogP contribution is 2.01. The molecule has 0 unspecified atom stereocenters. The average molecular weight is 202 g/mol. The molecule has 1 rings (SSSR count). The zero-order valence-corrected chi connectivity index (χ0v) is 9.44. The van der Waals surface area contributed by atoms with Crippen LogP contribution in [0, 0.1) is 0 Å². The van der Waals surface area contributed by atoms with Crippen LogP contribution in [0.25, 0.3) is 6.08 Å². The Bertz CT molecular complexity index is 309. The summed E-state index contributed by atoms with van der Waals surface area (Å²) < 4.78 is 0. The van der Waals surface area contributed by atoms with E-state index in [0.29, 0.717) is 6.42 Å². The molecule has 0 saturated carbocycles. The van der Waals surface area contributed by atoms with Crippen molar-refractivity contribution in [1.82, 2.24) is 0 Å². The molecule has 1 heteroatoms. The van der Waals surface area contributed by atoms with Gasteiger partial charge in [-0.1, -0.05) is 48.6 Å². The zero-order valence-electron chi connectivity index (χ0n) is 9.44. The number of hydrogen-bond acceptors (Lipinski definition) is 1. The number of benzene rings is 1. The molecule has 0 radical (unpaired) electrons. The minimum atomic E-state index is 0.196. The van der Waals surface area contributed by atoms with Gasteiger partial charge in [-0.2, -0.15) is 0 Å². The predicted molar refractivity (Wildman–Crippen MR) is 66.6 cm³/mol. The first-order chi connectivity index (χ1) is 7.20. The van der Waals surface area contributed by atoms with Gasteiger partial charge in [0.15, 0.2) is 0 Å². The number of ketones is 1. The van der Waals surface area contributed by atoms with Crippen LogP contribution in [0.1, 0.15) is 25.8 Å². The Morgan fingerprint density at radius 1 is 1.33 bits per heavy atom. The molecule has 0 aliphatic heterocycles. The molecule has 1 aromatic rings. The maximum atomic E-state index is 10.6. The van der Waals surface area contributed by atoms with Gasteiger partial charge in [-0.05, 0) is 19.4 Å². The molecule has 80 valence electrons. The van der Waals surface area contributed by atoms with Gasteiger partial charge in [0.25, 0.3) is 0 Å². The summed E-state index contributed by atoms with van der Waals surface area (Å²) in [4.78, 5) is 10.6. The second-order valence-electron chi connectivity index (χ2n) is 3.13. The largest absolute Gasteiger partial charge is 0.300 e. The molecule has 0 atom stereocenters. The lowest BCUT2D eigenvalue weighted by Crippen LogP contribution is -1.83. The highest BCUT2D eigenvalue weighted by molar-refractivity contribution is 5.78. The van der Waals surface area contributed by atoms with Gasteiger partial charge in [-0.25, -0.2) is 0 Å². The van der Waals surface area contributed by atoms with E-state index in [1.54, 1.807) is 13.0 Å². The lowest BCUT2D eigenvalue weighted by Gasteiger charge is -1.89. The van der Waals surface area contributed by atoms with Crippen LogP contribution in [0.4, 0.5) is 0 Å². The Balaban J connectivity index is 0.000000583. The van der Waals surface area contributed by atoms with E-state index >= 15 is 0 Å². The average Bonchev–Trinajstić information content (AvgIpc) is 2.20. The Kier molecular flexibility index (Phi) is 7.97. The molecule has 0 amide bonds. The smallest absolute Gasteiger partial charge is 0.133 e. The van der Waals surface area contributed by atoms with Crippen molar-refractivity contribution in [2.24, 2.45) is 0 Å². The minimum absolute atomic E-state index is 0.196. The molecule has 0 aliphatic rings. The topological polar surface area (TPSA) is 17.1 Å². The molecule has 0 fully saturated rings. The normalized spacial score (nSPS) is 9.20. The van der Waals surface area contributed by atoms with Crippen molar-refractivity contribution in [3.8, 4) is 0 Å². The Morgan fingerprint density at radius 2 is 1.87 bits per heavy atom. The van der Waals surface area contributed by atoms with Gasteiger partial charge < -0.3 is 0 Å². The van der Waals surface area contributed by atoms with Crippen LogP contribution < -0.4 is 0 Å². The van der Waals surface area contributed by atoms with E-state index in [1.165, 1.54) is 0 Å². The summed E-state index contributed by atoms with van der Waals surface area (Å²) in [5.74, 6) is 0.196. The second kappa shape index (κ2) is 8.95. The van der Waals surface area contributed by atoms with Crippen LogP contribution in [0.3, 0.4) is 0 Å². The SMILES string of the molecule is C=CC.CC(=O)C/C=C/c1ccccc1. The van der Waals surface area contributed by atoms with Crippen molar-refractivity contribution in [3.63, 3.8) is 0 Å². The van der Waals surface area contributed by atoms with Crippen molar-refractivity contribution in [2.75, 3.05) is 0 Å². The number of carbonyl (C=O) groups excluding carboxylic acids is 1. The van der Waals surface area contributed by atoms with E-state index in [4.69, 9.17) is 0 Å². The lowest BCUT2D eigenvalue weighted by atomic mass is 10.2. The summed E-state index contributed by atoms with van der Waals surface area (Å²) in [6.07, 6.45) is 6.12. The molecule has 0 bridgehead atoms. The summed E-state index contributed by atoms with van der Waals surface area (Å²) in [7, 11) is 0. The van der Waals surface area contributed by atoms with Gasteiger partial charge >= 0.3 is 0 Å². The highest BCUT2D eigenvalue weighted by atomic mass is 16.1. The Labute approximate surface area is 92.1 Å². The first-order valence-corrected chi connectivity index (χ1v) is 4.98. The van der Waals surface area contributed by atoms with E-state index < -0.39 is 0 Å². The maximum absolute atomic E-state index is 10.6. The fourth-order valence-electron chi connectivity index (χ4n) is 0.925. The number of rotatable bonds is 3. The van der Waals surface area contributed by atoms with Gasteiger partial charge in [0.2, 0.25) is 0 Å². The molecule has 0 aromatic heterocycles. The van der Waals surface area contributed by atoms with Crippen LogP contribution in [-0.4, -0.2) is 5.78 Å². The first-order valence-electron chi connectivity index (χ1n) is 4.98. The maximum Gasteiger partial charge on any atom is 0.133 e. The van der Waals surface area contributed by atoms with E-state index in [9.17, 15) is 4.79 Å². The lowest BCUT2D eigenvalue weighted by molar-refractivity contribution is -0.116. The number of hydrogen-bond donors (Lipinski definition) is 0. The monoisotopic (exact) mass is 202 g/mol. The van der Waals surface area contributed by atoms with Crippen LogP contribution in [0.2, 0.25) is 0 Å². The molecule has 0 spiro atoms. The summed E-state index contributed by atoms with van der Waals surface area (Å²) in [6, 6.07) is 9.95. The molecule has 15 heavy (non-hydrogen) atoms. The zero-order chi connectivity index (χ0) is 11.5. The molecule has 1 aromatic carbocycles. The van der Waals surface area contributed by atoms with Crippen LogP contribution in [0.15, 0.2) is 49.1 Å². The van der Waals surface area contributed by atoms with E-state index in [0.717, 1.165) is 5.56 Å². The predicted octanol–water partition coefficient (Wildman–Crippen LogP) is 3.87. The fourth-order valence-corrected chi connectivity index (χ4v) is 0.925. The third kappa shape index (κ3) is 8.69. The number of allylic oxidation sites excluding steroid dienone is 2. The van der Waals surface area contributed by atoms with Crippen LogP contribution >= 0.6 is 0 Å². The van der Waals surface area contributed by atoms with Gasteiger partial charge in [0, 0.05) is 6.42 Å². The number of Topliss-reactive ketones (excluding diaryl/α,β-unsaturated/α-hetero) is 1.